The molecule has 0 bridgehead atoms. The quantitative estimate of drug-likeness (QED) is 0.684. The van der Waals surface area contributed by atoms with Gasteiger partial charge in [-0.1, -0.05) is 6.92 Å². The van der Waals surface area contributed by atoms with Crippen LogP contribution < -0.4 is 5.73 Å². The van der Waals surface area contributed by atoms with Gasteiger partial charge in [-0.2, -0.15) is 0 Å². The summed E-state index contributed by atoms with van der Waals surface area (Å²) in [6, 6.07) is 9.05. The average Bonchev–Trinajstić information content (AvgIpc) is 2.51. The number of rotatable bonds is 3. The van der Waals surface area contributed by atoms with Crippen molar-refractivity contribution in [2.45, 2.75) is 43.5 Å². The summed E-state index contributed by atoms with van der Waals surface area (Å²) in [5.41, 5.74) is 6.59. The number of nitrogen functional groups attached to an aromatic ring is 1. The topological polar surface area (TPSA) is 32.5 Å². The van der Waals surface area contributed by atoms with Crippen molar-refractivity contribution in [3.8, 4) is 0 Å². The third kappa shape index (κ3) is 4.15. The van der Waals surface area contributed by atoms with Crippen LogP contribution in [0.5, 0.6) is 0 Å². The van der Waals surface area contributed by atoms with E-state index in [0.717, 1.165) is 17.6 Å². The normalized spacial score (nSPS) is 23.5. The highest BCUT2D eigenvalue weighted by Gasteiger charge is 2.27. The molecule has 0 atom stereocenters. The van der Waals surface area contributed by atoms with E-state index in [1.165, 1.54) is 56.8 Å². The fraction of sp³-hybridized carbons (Fsp3) is 0.647. The van der Waals surface area contributed by atoms with E-state index in [9.17, 15) is 0 Å². The third-order valence-electron chi connectivity index (χ3n) is 4.87. The molecule has 0 aromatic heterocycles. The van der Waals surface area contributed by atoms with Crippen molar-refractivity contribution in [1.29, 1.82) is 0 Å². The minimum atomic E-state index is 0.820. The van der Waals surface area contributed by atoms with Gasteiger partial charge in [-0.25, -0.2) is 4.31 Å². The molecule has 0 spiro atoms. The van der Waals surface area contributed by atoms with Crippen LogP contribution in [0, 0.1) is 5.92 Å². The largest absolute Gasteiger partial charge is 0.399 e. The van der Waals surface area contributed by atoms with Gasteiger partial charge < -0.3 is 10.6 Å². The van der Waals surface area contributed by atoms with Gasteiger partial charge in [0.25, 0.3) is 0 Å². The molecule has 2 heterocycles. The van der Waals surface area contributed by atoms with Crippen molar-refractivity contribution in [2.75, 3.05) is 31.9 Å². The second kappa shape index (κ2) is 7.03. The maximum absolute atomic E-state index is 5.74. The van der Waals surface area contributed by atoms with Crippen LogP contribution in [0.25, 0.3) is 0 Å². The van der Waals surface area contributed by atoms with E-state index in [1.54, 1.807) is 0 Å². The van der Waals surface area contributed by atoms with E-state index >= 15 is 0 Å². The molecule has 1 aromatic rings. The zero-order valence-electron chi connectivity index (χ0n) is 13.0. The fourth-order valence-electron chi connectivity index (χ4n) is 3.37. The molecule has 2 aliphatic rings. The highest BCUT2D eigenvalue weighted by atomic mass is 32.2. The van der Waals surface area contributed by atoms with Gasteiger partial charge in [0.2, 0.25) is 0 Å². The van der Waals surface area contributed by atoms with Crippen LogP contribution in [0.4, 0.5) is 5.69 Å². The maximum Gasteiger partial charge on any atom is 0.0314 e. The van der Waals surface area contributed by atoms with E-state index in [-0.39, 0.29) is 0 Å². The Morgan fingerprint density at radius 2 is 1.57 bits per heavy atom. The van der Waals surface area contributed by atoms with Crippen molar-refractivity contribution in [3.05, 3.63) is 24.3 Å². The summed E-state index contributed by atoms with van der Waals surface area (Å²) in [7, 11) is 0. The van der Waals surface area contributed by atoms with Gasteiger partial charge in [0, 0.05) is 29.7 Å². The Hall–Kier alpha value is -0.710. The fourth-order valence-corrected chi connectivity index (χ4v) is 4.32. The number of anilines is 1. The van der Waals surface area contributed by atoms with Crippen LogP contribution in [0.15, 0.2) is 29.2 Å². The molecule has 2 N–H and O–H groups in total. The molecule has 3 rings (SSSR count). The lowest BCUT2D eigenvalue weighted by Crippen LogP contribution is -2.46. The Morgan fingerprint density at radius 1 is 0.952 bits per heavy atom. The first-order valence-corrected chi connectivity index (χ1v) is 9.00. The number of hydrogen-bond acceptors (Lipinski definition) is 4. The van der Waals surface area contributed by atoms with Crippen LogP contribution in [0.2, 0.25) is 0 Å². The van der Waals surface area contributed by atoms with E-state index in [4.69, 9.17) is 5.73 Å². The van der Waals surface area contributed by atoms with Crippen molar-refractivity contribution in [2.24, 2.45) is 5.92 Å². The van der Waals surface area contributed by atoms with E-state index < -0.39 is 0 Å². The number of nitrogens with zero attached hydrogens (tertiary/aromatic N) is 2. The van der Waals surface area contributed by atoms with Gasteiger partial charge in [0.1, 0.15) is 0 Å². The number of likely N-dealkylation sites (tertiary alicyclic amines) is 1. The molecule has 0 amide bonds. The number of benzene rings is 1. The first-order valence-electron chi connectivity index (χ1n) is 8.23. The van der Waals surface area contributed by atoms with Gasteiger partial charge in [-0.05, 0) is 80.9 Å². The van der Waals surface area contributed by atoms with Crippen LogP contribution >= 0.6 is 11.9 Å². The smallest absolute Gasteiger partial charge is 0.0314 e. The van der Waals surface area contributed by atoms with Crippen molar-refractivity contribution in [1.82, 2.24) is 9.21 Å². The molecule has 21 heavy (non-hydrogen) atoms. The Morgan fingerprint density at radius 3 is 2.19 bits per heavy atom. The molecule has 0 aliphatic carbocycles. The number of piperidine rings is 2. The summed E-state index contributed by atoms with van der Waals surface area (Å²) in [5.74, 6) is 0.933. The summed E-state index contributed by atoms with van der Waals surface area (Å²) in [6.07, 6.45) is 5.41. The Balaban J connectivity index is 1.45. The summed E-state index contributed by atoms with van der Waals surface area (Å²) in [4.78, 5) is 4.04. The van der Waals surface area contributed by atoms with E-state index in [1.807, 2.05) is 24.1 Å². The third-order valence-corrected chi connectivity index (χ3v) is 5.98. The molecule has 2 aliphatic heterocycles. The van der Waals surface area contributed by atoms with Gasteiger partial charge in [-0.15, -0.1) is 0 Å². The summed E-state index contributed by atoms with van der Waals surface area (Å²) in [6.45, 7) is 7.43. The number of hydrogen-bond donors (Lipinski definition) is 1. The summed E-state index contributed by atoms with van der Waals surface area (Å²) in [5, 5.41) is 0. The van der Waals surface area contributed by atoms with Gasteiger partial charge in [0.05, 0.1) is 0 Å². The lowest BCUT2D eigenvalue weighted by atomic mass is 9.95. The molecule has 2 fully saturated rings. The summed E-state index contributed by atoms with van der Waals surface area (Å²) >= 11 is 1.88. The van der Waals surface area contributed by atoms with Crippen molar-refractivity contribution >= 4 is 17.6 Å². The molecular formula is C17H27N3S. The molecule has 0 radical (unpaired) electrons. The monoisotopic (exact) mass is 305 g/mol. The highest BCUT2D eigenvalue weighted by Crippen LogP contribution is 2.29. The molecule has 4 heteroatoms. The molecular weight excluding hydrogens is 278 g/mol. The van der Waals surface area contributed by atoms with Crippen LogP contribution in [-0.2, 0) is 0 Å². The minimum absolute atomic E-state index is 0.820. The van der Waals surface area contributed by atoms with Crippen molar-refractivity contribution < 1.29 is 0 Å². The minimum Gasteiger partial charge on any atom is -0.399 e. The predicted molar refractivity (Wildman–Crippen MR) is 91.3 cm³/mol. The van der Waals surface area contributed by atoms with E-state index in [0.29, 0.717) is 0 Å². The first kappa shape index (κ1) is 15.2. The van der Waals surface area contributed by atoms with Gasteiger partial charge in [0.15, 0.2) is 0 Å². The van der Waals surface area contributed by atoms with Crippen LogP contribution in [0.1, 0.15) is 32.6 Å². The molecule has 116 valence electrons. The Labute approximate surface area is 133 Å². The second-order valence-electron chi connectivity index (χ2n) is 6.54. The standard InChI is InChI=1S/C17H27N3S/c1-14-6-10-19(11-7-14)16-8-12-20(13-9-16)21-17-4-2-15(18)3-5-17/h2-5,14,16H,6-13,18H2,1H3. The molecule has 2 saturated heterocycles. The highest BCUT2D eigenvalue weighted by molar-refractivity contribution is 7.97. The lowest BCUT2D eigenvalue weighted by Gasteiger charge is -2.41. The van der Waals surface area contributed by atoms with Gasteiger partial charge in [-0.3, -0.25) is 0 Å². The second-order valence-corrected chi connectivity index (χ2v) is 7.71. The van der Waals surface area contributed by atoms with Crippen LogP contribution in [0.3, 0.4) is 0 Å². The molecule has 0 unspecified atom stereocenters. The summed E-state index contributed by atoms with van der Waals surface area (Å²) < 4.78 is 2.51. The van der Waals surface area contributed by atoms with Crippen molar-refractivity contribution in [3.63, 3.8) is 0 Å². The lowest BCUT2D eigenvalue weighted by molar-refractivity contribution is 0.103. The van der Waals surface area contributed by atoms with Crippen LogP contribution in [-0.4, -0.2) is 41.4 Å². The molecule has 1 aromatic carbocycles. The molecule has 3 nitrogen and oxygen atoms in total. The average molecular weight is 305 g/mol. The van der Waals surface area contributed by atoms with Gasteiger partial charge >= 0.3 is 0 Å². The number of nitrogens with two attached hydrogens (primary N) is 1. The maximum atomic E-state index is 5.74. The van der Waals surface area contributed by atoms with E-state index in [2.05, 4.69) is 28.3 Å². The predicted octanol–water partition coefficient (Wildman–Crippen LogP) is 3.47. The zero-order chi connectivity index (χ0) is 14.7. The Bertz CT molecular complexity index is 432. The zero-order valence-corrected chi connectivity index (χ0v) is 13.8. The first-order chi connectivity index (χ1) is 10.2. The Kier molecular flexibility index (Phi) is 5.09. The SMILES string of the molecule is CC1CCN(C2CCN(Sc3ccc(N)cc3)CC2)CC1. The molecule has 0 saturated carbocycles.